The van der Waals surface area contributed by atoms with Gasteiger partial charge in [0.25, 0.3) is 5.91 Å². The second-order valence-electron chi connectivity index (χ2n) is 8.88. The fourth-order valence-electron chi connectivity index (χ4n) is 4.22. The Morgan fingerprint density at radius 2 is 1.82 bits per heavy atom. The summed E-state index contributed by atoms with van der Waals surface area (Å²) in [5, 5.41) is 3.15. The van der Waals surface area contributed by atoms with Crippen molar-refractivity contribution in [3.63, 3.8) is 0 Å². The van der Waals surface area contributed by atoms with Crippen LogP contribution in [0.15, 0.2) is 42.5 Å². The minimum absolute atomic E-state index is 0.120. The molecule has 2 amide bonds. The molecule has 0 unspecified atom stereocenters. The standard InChI is InChI=1S/C27H36N2O4/c1-19-10-8-15-25(20(19)2)33-18-26(30)29(17-22-11-9-14-24(16-22)32-4)21(3)27(31)28-23-12-6-5-7-13-23/h8-11,14-16,21,23H,5-7,12-13,17-18H2,1-4H3,(H,28,31)/t21-/m1/s1. The van der Waals surface area contributed by atoms with Gasteiger partial charge in [0.2, 0.25) is 5.91 Å². The minimum Gasteiger partial charge on any atom is -0.497 e. The molecule has 6 nitrogen and oxygen atoms in total. The van der Waals surface area contributed by atoms with Crippen LogP contribution in [0.4, 0.5) is 0 Å². The van der Waals surface area contributed by atoms with Crippen molar-refractivity contribution < 1.29 is 19.1 Å². The maximum absolute atomic E-state index is 13.3. The quantitative estimate of drug-likeness (QED) is 0.606. The van der Waals surface area contributed by atoms with Crippen molar-refractivity contribution in [2.45, 2.75) is 71.5 Å². The third-order valence-electron chi connectivity index (χ3n) is 6.51. The number of hydrogen-bond acceptors (Lipinski definition) is 4. The summed E-state index contributed by atoms with van der Waals surface area (Å²) in [6.45, 7) is 5.94. The molecule has 6 heteroatoms. The smallest absolute Gasteiger partial charge is 0.261 e. The first-order valence-corrected chi connectivity index (χ1v) is 11.8. The molecule has 1 fully saturated rings. The third-order valence-corrected chi connectivity index (χ3v) is 6.51. The highest BCUT2D eigenvalue weighted by atomic mass is 16.5. The molecule has 0 spiro atoms. The Hall–Kier alpha value is -3.02. The van der Waals surface area contributed by atoms with E-state index in [1.807, 2.05) is 56.3 Å². The molecule has 1 N–H and O–H groups in total. The van der Waals surface area contributed by atoms with E-state index in [9.17, 15) is 9.59 Å². The maximum Gasteiger partial charge on any atom is 0.261 e. The van der Waals surface area contributed by atoms with Gasteiger partial charge >= 0.3 is 0 Å². The van der Waals surface area contributed by atoms with Crippen molar-refractivity contribution in [2.75, 3.05) is 13.7 Å². The Bertz CT molecular complexity index is 953. The van der Waals surface area contributed by atoms with Gasteiger partial charge in [-0.3, -0.25) is 9.59 Å². The van der Waals surface area contributed by atoms with E-state index in [4.69, 9.17) is 9.47 Å². The van der Waals surface area contributed by atoms with Crippen LogP contribution in [0.5, 0.6) is 11.5 Å². The predicted octanol–water partition coefficient (Wildman–Crippen LogP) is 4.56. The summed E-state index contributed by atoms with van der Waals surface area (Å²) in [6.07, 6.45) is 5.49. The monoisotopic (exact) mass is 452 g/mol. The van der Waals surface area contributed by atoms with Crippen molar-refractivity contribution >= 4 is 11.8 Å². The number of benzene rings is 2. The van der Waals surface area contributed by atoms with E-state index in [0.717, 1.165) is 42.4 Å². The van der Waals surface area contributed by atoms with Crippen LogP contribution in [-0.4, -0.2) is 42.5 Å². The fraction of sp³-hybridized carbons (Fsp3) is 0.481. The number of nitrogens with one attached hydrogen (secondary N) is 1. The molecule has 2 aromatic rings. The molecule has 0 bridgehead atoms. The molecule has 1 atom stereocenters. The van der Waals surface area contributed by atoms with Gasteiger partial charge in [-0.2, -0.15) is 0 Å². The lowest BCUT2D eigenvalue weighted by atomic mass is 9.95. The van der Waals surface area contributed by atoms with Gasteiger partial charge in [-0.15, -0.1) is 0 Å². The number of carbonyl (C=O) groups is 2. The van der Waals surface area contributed by atoms with Crippen LogP contribution < -0.4 is 14.8 Å². The van der Waals surface area contributed by atoms with Gasteiger partial charge < -0.3 is 19.7 Å². The lowest BCUT2D eigenvalue weighted by Crippen LogP contribution is -2.51. The number of aryl methyl sites for hydroxylation is 1. The minimum atomic E-state index is -0.618. The summed E-state index contributed by atoms with van der Waals surface area (Å²) >= 11 is 0. The van der Waals surface area contributed by atoms with Crippen molar-refractivity contribution in [3.05, 3.63) is 59.2 Å². The topological polar surface area (TPSA) is 67.9 Å². The van der Waals surface area contributed by atoms with Crippen molar-refractivity contribution in [1.82, 2.24) is 10.2 Å². The SMILES string of the molecule is COc1cccc(CN(C(=O)COc2cccc(C)c2C)[C@H](C)C(=O)NC2CCCCC2)c1. The van der Waals surface area contributed by atoms with Crippen molar-refractivity contribution in [3.8, 4) is 11.5 Å². The van der Waals surface area contributed by atoms with Crippen LogP contribution in [0, 0.1) is 13.8 Å². The molecular formula is C27H36N2O4. The highest BCUT2D eigenvalue weighted by Gasteiger charge is 2.28. The van der Waals surface area contributed by atoms with Gasteiger partial charge in [-0.05, 0) is 68.5 Å². The summed E-state index contributed by atoms with van der Waals surface area (Å²) < 4.78 is 11.2. The molecule has 3 rings (SSSR count). The highest BCUT2D eigenvalue weighted by Crippen LogP contribution is 2.22. The largest absolute Gasteiger partial charge is 0.497 e. The molecule has 2 aromatic carbocycles. The molecule has 0 saturated heterocycles. The first kappa shape index (κ1) is 24.6. The normalized spacial score (nSPS) is 14.9. The van der Waals surface area contributed by atoms with E-state index in [2.05, 4.69) is 5.32 Å². The second-order valence-corrected chi connectivity index (χ2v) is 8.88. The lowest BCUT2D eigenvalue weighted by Gasteiger charge is -2.31. The maximum atomic E-state index is 13.3. The zero-order valence-electron chi connectivity index (χ0n) is 20.2. The van der Waals surface area contributed by atoms with E-state index in [-0.39, 0.29) is 24.5 Å². The number of nitrogens with zero attached hydrogens (tertiary/aromatic N) is 1. The Labute approximate surface area is 197 Å². The van der Waals surface area contributed by atoms with Gasteiger partial charge in [0.05, 0.1) is 7.11 Å². The van der Waals surface area contributed by atoms with Gasteiger partial charge in [0, 0.05) is 12.6 Å². The summed E-state index contributed by atoms with van der Waals surface area (Å²) in [5.74, 6) is 1.05. The molecule has 0 radical (unpaired) electrons. The summed E-state index contributed by atoms with van der Waals surface area (Å²) in [6, 6.07) is 12.9. The molecular weight excluding hydrogens is 416 g/mol. The van der Waals surface area contributed by atoms with E-state index in [0.29, 0.717) is 18.0 Å². The second kappa shape index (κ2) is 11.7. The third kappa shape index (κ3) is 6.73. The first-order valence-electron chi connectivity index (χ1n) is 11.8. The summed E-state index contributed by atoms with van der Waals surface area (Å²) in [5.41, 5.74) is 3.01. The zero-order chi connectivity index (χ0) is 23.8. The fourth-order valence-corrected chi connectivity index (χ4v) is 4.22. The molecule has 0 heterocycles. The van der Waals surface area contributed by atoms with Gasteiger partial charge in [-0.1, -0.05) is 43.5 Å². The highest BCUT2D eigenvalue weighted by molar-refractivity contribution is 5.88. The van der Waals surface area contributed by atoms with Gasteiger partial charge in [0.1, 0.15) is 17.5 Å². The Morgan fingerprint density at radius 1 is 1.09 bits per heavy atom. The number of rotatable bonds is 9. The van der Waals surface area contributed by atoms with Crippen LogP contribution in [-0.2, 0) is 16.1 Å². The number of hydrogen-bond donors (Lipinski definition) is 1. The van der Waals surface area contributed by atoms with Crippen LogP contribution in [0.25, 0.3) is 0 Å². The number of amides is 2. The van der Waals surface area contributed by atoms with Crippen LogP contribution in [0.2, 0.25) is 0 Å². The molecule has 1 aliphatic rings. The first-order chi connectivity index (χ1) is 15.9. The van der Waals surface area contributed by atoms with Crippen LogP contribution in [0.3, 0.4) is 0 Å². The van der Waals surface area contributed by atoms with Crippen molar-refractivity contribution in [2.24, 2.45) is 0 Å². The summed E-state index contributed by atoms with van der Waals surface area (Å²) in [4.78, 5) is 28.0. The Kier molecular flexibility index (Phi) is 8.75. The molecule has 1 saturated carbocycles. The average molecular weight is 453 g/mol. The van der Waals surface area contributed by atoms with Gasteiger partial charge in [0.15, 0.2) is 6.61 Å². The van der Waals surface area contributed by atoms with Crippen molar-refractivity contribution in [1.29, 1.82) is 0 Å². The molecule has 0 aliphatic heterocycles. The average Bonchev–Trinajstić information content (AvgIpc) is 2.83. The molecule has 0 aromatic heterocycles. The predicted molar refractivity (Wildman–Crippen MR) is 129 cm³/mol. The van der Waals surface area contributed by atoms with Crippen LogP contribution >= 0.6 is 0 Å². The van der Waals surface area contributed by atoms with E-state index < -0.39 is 6.04 Å². The van der Waals surface area contributed by atoms with Crippen LogP contribution in [0.1, 0.15) is 55.7 Å². The van der Waals surface area contributed by atoms with E-state index in [1.165, 1.54) is 6.42 Å². The van der Waals surface area contributed by atoms with E-state index in [1.54, 1.807) is 18.9 Å². The molecule has 178 valence electrons. The number of carbonyl (C=O) groups excluding carboxylic acids is 2. The Morgan fingerprint density at radius 3 is 2.55 bits per heavy atom. The van der Waals surface area contributed by atoms with E-state index >= 15 is 0 Å². The molecule has 1 aliphatic carbocycles. The Balaban J connectivity index is 1.74. The molecule has 33 heavy (non-hydrogen) atoms. The summed E-state index contributed by atoms with van der Waals surface area (Å²) in [7, 11) is 1.61. The number of ether oxygens (including phenoxy) is 2. The lowest BCUT2D eigenvalue weighted by molar-refractivity contribution is -0.142. The zero-order valence-corrected chi connectivity index (χ0v) is 20.2. The van der Waals surface area contributed by atoms with Gasteiger partial charge in [-0.25, -0.2) is 0 Å². The number of methoxy groups -OCH3 is 1.